The maximum absolute atomic E-state index is 12.9. The quantitative estimate of drug-likeness (QED) is 0.636. The maximum atomic E-state index is 12.9. The Morgan fingerprint density at radius 1 is 1.27 bits per heavy atom. The summed E-state index contributed by atoms with van der Waals surface area (Å²) in [5, 5.41) is 8.31. The maximum Gasteiger partial charge on any atom is 0.184 e. The zero-order valence-electron chi connectivity index (χ0n) is 13.5. The Balaban J connectivity index is 1.44. The van der Waals surface area contributed by atoms with Gasteiger partial charge in [0.25, 0.3) is 0 Å². The van der Waals surface area contributed by atoms with Crippen molar-refractivity contribution in [2.75, 3.05) is 17.2 Å². The van der Waals surface area contributed by atoms with Crippen molar-refractivity contribution in [3.63, 3.8) is 0 Å². The van der Waals surface area contributed by atoms with Crippen molar-refractivity contribution in [1.82, 2.24) is 15.0 Å². The summed E-state index contributed by atoms with van der Waals surface area (Å²) in [6.07, 6.45) is 3.59. The molecule has 0 aliphatic carbocycles. The van der Waals surface area contributed by atoms with Gasteiger partial charge in [-0.05, 0) is 24.6 Å². The second kappa shape index (κ2) is 7.34. The lowest BCUT2D eigenvalue weighted by molar-refractivity contribution is 0.619. The highest BCUT2D eigenvalue weighted by molar-refractivity contribution is 7.16. The molecule has 26 heavy (non-hydrogen) atoms. The van der Waals surface area contributed by atoms with E-state index < -0.39 is 0 Å². The Morgan fingerprint density at radius 2 is 2.15 bits per heavy atom. The smallest absolute Gasteiger partial charge is 0.184 e. The molecule has 0 radical (unpaired) electrons. The molecule has 3 aromatic rings. The van der Waals surface area contributed by atoms with E-state index in [0.29, 0.717) is 21.9 Å². The minimum Gasteiger partial charge on any atom is -0.369 e. The first-order chi connectivity index (χ1) is 12.6. The molecule has 0 aromatic carbocycles. The molecule has 1 unspecified atom stereocenters. The van der Waals surface area contributed by atoms with Crippen LogP contribution in [0, 0.1) is 5.82 Å². The van der Waals surface area contributed by atoms with Gasteiger partial charge in [-0.2, -0.15) is 0 Å². The molecular formula is C17H14Cl2FN5S. The van der Waals surface area contributed by atoms with Crippen LogP contribution in [0.15, 0.2) is 30.6 Å². The average Bonchev–Trinajstić information content (AvgIpc) is 3.18. The summed E-state index contributed by atoms with van der Waals surface area (Å²) < 4.78 is 12.9. The van der Waals surface area contributed by atoms with Crippen LogP contribution in [0.5, 0.6) is 0 Å². The summed E-state index contributed by atoms with van der Waals surface area (Å²) in [5.74, 6) is 0.773. The van der Waals surface area contributed by atoms with Gasteiger partial charge >= 0.3 is 0 Å². The van der Waals surface area contributed by atoms with Crippen LogP contribution < -0.4 is 10.6 Å². The number of hydrogen-bond acceptors (Lipinski definition) is 6. The van der Waals surface area contributed by atoms with Gasteiger partial charge in [-0.3, -0.25) is 4.98 Å². The molecule has 1 aliphatic heterocycles. The molecule has 4 heterocycles. The first kappa shape index (κ1) is 17.5. The summed E-state index contributed by atoms with van der Waals surface area (Å²) >= 11 is 13.9. The van der Waals surface area contributed by atoms with E-state index in [-0.39, 0.29) is 11.7 Å². The van der Waals surface area contributed by atoms with Gasteiger partial charge in [0.15, 0.2) is 5.13 Å². The molecule has 3 aromatic heterocycles. The third-order valence-electron chi connectivity index (χ3n) is 4.13. The number of nitrogens with one attached hydrogen (secondary N) is 2. The van der Waals surface area contributed by atoms with Gasteiger partial charge in [0.1, 0.15) is 16.8 Å². The van der Waals surface area contributed by atoms with Crippen molar-refractivity contribution in [2.24, 2.45) is 0 Å². The normalized spacial score (nSPS) is 15.6. The fraction of sp³-hybridized carbons (Fsp3) is 0.235. The second-order valence-electron chi connectivity index (χ2n) is 5.93. The van der Waals surface area contributed by atoms with Crippen LogP contribution >= 0.6 is 34.5 Å². The minimum atomic E-state index is -0.353. The van der Waals surface area contributed by atoms with Crippen LogP contribution in [0.3, 0.4) is 0 Å². The monoisotopic (exact) mass is 409 g/mol. The number of nitrogens with zero attached hydrogens (tertiary/aromatic N) is 3. The topological polar surface area (TPSA) is 62.7 Å². The lowest BCUT2D eigenvalue weighted by Gasteiger charge is -2.08. The Morgan fingerprint density at radius 3 is 2.96 bits per heavy atom. The molecule has 5 nitrogen and oxygen atoms in total. The Hall–Kier alpha value is -1.96. The fourth-order valence-electron chi connectivity index (χ4n) is 2.86. The van der Waals surface area contributed by atoms with E-state index in [1.54, 1.807) is 12.3 Å². The first-order valence-electron chi connectivity index (χ1n) is 7.97. The van der Waals surface area contributed by atoms with Crippen molar-refractivity contribution in [2.45, 2.75) is 18.9 Å². The molecule has 0 spiro atoms. The van der Waals surface area contributed by atoms with Crippen LogP contribution in [0.25, 0.3) is 0 Å². The van der Waals surface area contributed by atoms with Crippen LogP contribution in [-0.2, 0) is 13.0 Å². The SMILES string of the molecule is Fc1ccc(CNc2nc(Cl)c(CC3CNc4ncc(Cl)cc43)s2)nc1. The highest BCUT2D eigenvalue weighted by Crippen LogP contribution is 2.37. The van der Waals surface area contributed by atoms with Crippen LogP contribution in [-0.4, -0.2) is 21.5 Å². The number of fused-ring (bicyclic) bond motifs is 1. The number of hydrogen-bond donors (Lipinski definition) is 2. The van der Waals surface area contributed by atoms with Gasteiger partial charge in [0.05, 0.1) is 23.5 Å². The molecule has 0 bridgehead atoms. The van der Waals surface area contributed by atoms with Gasteiger partial charge in [0.2, 0.25) is 0 Å². The lowest BCUT2D eigenvalue weighted by atomic mass is 9.99. The van der Waals surface area contributed by atoms with Crippen LogP contribution in [0.4, 0.5) is 15.3 Å². The molecule has 0 saturated heterocycles. The zero-order valence-corrected chi connectivity index (χ0v) is 15.8. The van der Waals surface area contributed by atoms with Gasteiger partial charge in [-0.1, -0.05) is 23.2 Å². The highest BCUT2D eigenvalue weighted by atomic mass is 35.5. The van der Waals surface area contributed by atoms with Crippen LogP contribution in [0.2, 0.25) is 10.2 Å². The number of rotatable bonds is 5. The molecule has 0 amide bonds. The summed E-state index contributed by atoms with van der Waals surface area (Å²) in [7, 11) is 0. The Labute approximate surface area is 163 Å². The number of aromatic nitrogens is 3. The predicted molar refractivity (Wildman–Crippen MR) is 103 cm³/mol. The van der Waals surface area contributed by atoms with E-state index in [1.807, 2.05) is 6.07 Å². The number of pyridine rings is 2. The molecule has 1 aliphatic rings. The second-order valence-corrected chi connectivity index (χ2v) is 7.81. The Bertz CT molecular complexity index is 931. The number of halogens is 3. The molecular weight excluding hydrogens is 396 g/mol. The highest BCUT2D eigenvalue weighted by Gasteiger charge is 2.26. The molecule has 1 atom stereocenters. The van der Waals surface area contributed by atoms with Gasteiger partial charge < -0.3 is 10.6 Å². The van der Waals surface area contributed by atoms with Gasteiger partial charge in [-0.25, -0.2) is 14.4 Å². The Kier molecular flexibility index (Phi) is 4.93. The van der Waals surface area contributed by atoms with E-state index in [4.69, 9.17) is 23.2 Å². The molecule has 9 heteroatoms. The minimum absolute atomic E-state index is 0.251. The van der Waals surface area contributed by atoms with E-state index in [0.717, 1.165) is 34.9 Å². The van der Waals surface area contributed by atoms with E-state index in [1.165, 1.54) is 23.6 Å². The third-order valence-corrected chi connectivity index (χ3v) is 5.80. The summed E-state index contributed by atoms with van der Waals surface area (Å²) in [6.45, 7) is 1.25. The van der Waals surface area contributed by atoms with Gasteiger partial charge in [0, 0.05) is 29.1 Å². The van der Waals surface area contributed by atoms with Crippen molar-refractivity contribution >= 4 is 45.5 Å². The lowest BCUT2D eigenvalue weighted by Crippen LogP contribution is -2.04. The van der Waals surface area contributed by atoms with E-state index >= 15 is 0 Å². The standard InChI is InChI=1S/C17H14Cl2FN5S/c18-10-4-13-9(5-22-16(13)23-6-10)3-14-15(19)25-17(26-14)24-8-12-2-1-11(20)7-21-12/h1-2,4,6-7,9H,3,5,8H2,(H,22,23)(H,24,25). The summed E-state index contributed by atoms with van der Waals surface area (Å²) in [5.41, 5.74) is 1.83. The first-order valence-corrected chi connectivity index (χ1v) is 9.54. The molecule has 2 N–H and O–H groups in total. The van der Waals surface area contributed by atoms with Crippen molar-refractivity contribution in [3.05, 3.63) is 62.7 Å². The summed E-state index contributed by atoms with van der Waals surface area (Å²) in [4.78, 5) is 13.7. The van der Waals surface area contributed by atoms with Crippen molar-refractivity contribution < 1.29 is 4.39 Å². The van der Waals surface area contributed by atoms with E-state index in [2.05, 4.69) is 25.6 Å². The van der Waals surface area contributed by atoms with Gasteiger partial charge in [-0.15, -0.1) is 11.3 Å². The molecule has 4 rings (SSSR count). The van der Waals surface area contributed by atoms with Crippen molar-refractivity contribution in [3.8, 4) is 0 Å². The fourth-order valence-corrected chi connectivity index (χ4v) is 4.28. The molecule has 134 valence electrons. The molecule has 0 fully saturated rings. The summed E-state index contributed by atoms with van der Waals surface area (Å²) in [6, 6.07) is 4.97. The zero-order chi connectivity index (χ0) is 18.1. The van der Waals surface area contributed by atoms with Crippen LogP contribution in [0.1, 0.15) is 22.1 Å². The predicted octanol–water partition coefficient (Wildman–Crippen LogP) is 4.74. The molecule has 0 saturated carbocycles. The average molecular weight is 410 g/mol. The van der Waals surface area contributed by atoms with E-state index in [9.17, 15) is 4.39 Å². The third kappa shape index (κ3) is 3.75. The number of thiazole rings is 1. The number of anilines is 2. The largest absolute Gasteiger partial charge is 0.369 e. The van der Waals surface area contributed by atoms with Crippen molar-refractivity contribution in [1.29, 1.82) is 0 Å².